The van der Waals surface area contributed by atoms with Gasteiger partial charge in [-0.25, -0.2) is 4.79 Å². The molecular weight excluding hydrogens is 276 g/mol. The Morgan fingerprint density at radius 1 is 1.23 bits per heavy atom. The van der Waals surface area contributed by atoms with Gasteiger partial charge in [-0.05, 0) is 51.3 Å². The maximum absolute atomic E-state index is 11.7. The van der Waals surface area contributed by atoms with Crippen LogP contribution in [0.4, 0.5) is 10.5 Å². The normalized spacial score (nSPS) is 15.6. The summed E-state index contributed by atoms with van der Waals surface area (Å²) in [6, 6.07) is 7.98. The molecule has 1 aromatic rings. The number of hydrogen-bond donors (Lipinski definition) is 1. The van der Waals surface area contributed by atoms with E-state index < -0.39 is 11.7 Å². The smallest absolute Gasteiger partial charge is 0.412 e. The number of hydrogen-bond acceptors (Lipinski definition) is 3. The van der Waals surface area contributed by atoms with Crippen molar-refractivity contribution in [2.24, 2.45) is 0 Å². The Bertz CT molecular complexity index is 515. The average Bonchev–Trinajstić information content (AvgIpc) is 2.45. The lowest BCUT2D eigenvalue weighted by Gasteiger charge is -2.22. The number of amides is 1. The van der Waals surface area contributed by atoms with Gasteiger partial charge in [-0.1, -0.05) is 24.3 Å². The molecule has 0 spiro atoms. The molecule has 120 valence electrons. The largest absolute Gasteiger partial charge is 0.444 e. The molecule has 0 radical (unpaired) electrons. The molecule has 0 saturated heterocycles. The van der Waals surface area contributed by atoms with Crippen molar-refractivity contribution in [1.29, 1.82) is 0 Å². The zero-order valence-electron chi connectivity index (χ0n) is 13.8. The van der Waals surface area contributed by atoms with Crippen LogP contribution in [0.25, 0.3) is 0 Å². The van der Waals surface area contributed by atoms with Crippen LogP contribution in [-0.2, 0) is 11.2 Å². The summed E-state index contributed by atoms with van der Waals surface area (Å²) in [6.45, 7) is 8.83. The van der Waals surface area contributed by atoms with Gasteiger partial charge in [0.25, 0.3) is 0 Å². The first-order chi connectivity index (χ1) is 10.4. The summed E-state index contributed by atoms with van der Waals surface area (Å²) in [5.41, 5.74) is 1.57. The van der Waals surface area contributed by atoms with Gasteiger partial charge in [0, 0.05) is 25.3 Å². The first-order valence-corrected chi connectivity index (χ1v) is 7.89. The van der Waals surface area contributed by atoms with Crippen molar-refractivity contribution >= 4 is 11.8 Å². The van der Waals surface area contributed by atoms with Crippen molar-refractivity contribution in [3.8, 4) is 0 Å². The highest BCUT2D eigenvalue weighted by Crippen LogP contribution is 2.14. The SMILES string of the molecule is CC(C)(C)OC(=O)Nc1ccc(CCN2CC=CCC2)cc1. The highest BCUT2D eigenvalue weighted by Gasteiger charge is 2.16. The van der Waals surface area contributed by atoms with E-state index in [0.717, 1.165) is 38.2 Å². The molecule has 1 aliphatic heterocycles. The van der Waals surface area contributed by atoms with Crippen LogP contribution in [0.3, 0.4) is 0 Å². The van der Waals surface area contributed by atoms with Gasteiger partial charge in [0.15, 0.2) is 0 Å². The van der Waals surface area contributed by atoms with Crippen molar-refractivity contribution in [3.05, 3.63) is 42.0 Å². The molecule has 1 N–H and O–H groups in total. The van der Waals surface area contributed by atoms with E-state index in [1.807, 2.05) is 32.9 Å². The predicted octanol–water partition coefficient (Wildman–Crippen LogP) is 3.84. The number of anilines is 1. The number of carbonyl (C=O) groups is 1. The van der Waals surface area contributed by atoms with Crippen molar-refractivity contribution in [3.63, 3.8) is 0 Å². The van der Waals surface area contributed by atoms with Crippen molar-refractivity contribution in [2.75, 3.05) is 25.0 Å². The van der Waals surface area contributed by atoms with Gasteiger partial charge >= 0.3 is 6.09 Å². The number of ether oxygens (including phenoxy) is 1. The molecule has 2 rings (SSSR count). The molecule has 0 unspecified atom stereocenters. The molecule has 0 saturated carbocycles. The summed E-state index contributed by atoms with van der Waals surface area (Å²) >= 11 is 0. The fraction of sp³-hybridized carbons (Fsp3) is 0.500. The van der Waals surface area contributed by atoms with Gasteiger partial charge in [0.1, 0.15) is 5.60 Å². The van der Waals surface area contributed by atoms with Crippen LogP contribution in [-0.4, -0.2) is 36.2 Å². The minimum atomic E-state index is -0.479. The highest BCUT2D eigenvalue weighted by molar-refractivity contribution is 5.84. The summed E-state index contributed by atoms with van der Waals surface area (Å²) in [6.07, 6.45) is 6.24. The molecule has 0 fully saturated rings. The Morgan fingerprint density at radius 2 is 1.95 bits per heavy atom. The zero-order chi connectivity index (χ0) is 16.0. The Morgan fingerprint density at radius 3 is 2.55 bits per heavy atom. The summed E-state index contributed by atoms with van der Waals surface area (Å²) in [5, 5.41) is 2.75. The lowest BCUT2D eigenvalue weighted by molar-refractivity contribution is 0.0636. The van der Waals surface area contributed by atoms with E-state index in [4.69, 9.17) is 4.74 Å². The fourth-order valence-electron chi connectivity index (χ4n) is 2.36. The third-order valence-electron chi connectivity index (χ3n) is 3.46. The van der Waals surface area contributed by atoms with Crippen LogP contribution < -0.4 is 5.32 Å². The van der Waals surface area contributed by atoms with Gasteiger partial charge in [-0.3, -0.25) is 10.2 Å². The lowest BCUT2D eigenvalue weighted by atomic mass is 10.1. The Hall–Kier alpha value is -1.81. The van der Waals surface area contributed by atoms with Crippen LogP contribution >= 0.6 is 0 Å². The minimum Gasteiger partial charge on any atom is -0.444 e. The van der Waals surface area contributed by atoms with E-state index in [1.54, 1.807) is 0 Å². The molecule has 1 heterocycles. The topological polar surface area (TPSA) is 41.6 Å². The molecule has 4 nitrogen and oxygen atoms in total. The van der Waals surface area contributed by atoms with Crippen LogP contribution in [0, 0.1) is 0 Å². The van der Waals surface area contributed by atoms with Gasteiger partial charge in [0.05, 0.1) is 0 Å². The van der Waals surface area contributed by atoms with Gasteiger partial charge in [-0.2, -0.15) is 0 Å². The number of rotatable bonds is 4. The second kappa shape index (κ2) is 7.45. The van der Waals surface area contributed by atoms with Crippen LogP contribution in [0.15, 0.2) is 36.4 Å². The average molecular weight is 302 g/mol. The molecule has 4 heteroatoms. The summed E-state index contributed by atoms with van der Waals surface area (Å²) in [5.74, 6) is 0. The van der Waals surface area contributed by atoms with E-state index >= 15 is 0 Å². The predicted molar refractivity (Wildman–Crippen MR) is 90.2 cm³/mol. The Kier molecular flexibility index (Phi) is 5.61. The maximum atomic E-state index is 11.7. The molecule has 0 atom stereocenters. The van der Waals surface area contributed by atoms with Crippen LogP contribution in [0.2, 0.25) is 0 Å². The second-order valence-electron chi connectivity index (χ2n) is 6.63. The molecule has 0 bridgehead atoms. The highest BCUT2D eigenvalue weighted by atomic mass is 16.6. The quantitative estimate of drug-likeness (QED) is 0.859. The third-order valence-corrected chi connectivity index (χ3v) is 3.46. The van der Waals surface area contributed by atoms with Crippen LogP contribution in [0.5, 0.6) is 0 Å². The monoisotopic (exact) mass is 302 g/mol. The van der Waals surface area contributed by atoms with E-state index in [0.29, 0.717) is 0 Å². The first-order valence-electron chi connectivity index (χ1n) is 7.89. The van der Waals surface area contributed by atoms with Gasteiger partial charge in [0.2, 0.25) is 0 Å². The summed E-state index contributed by atoms with van der Waals surface area (Å²) in [4.78, 5) is 14.2. The van der Waals surface area contributed by atoms with Crippen molar-refractivity contribution in [2.45, 2.75) is 39.2 Å². The second-order valence-corrected chi connectivity index (χ2v) is 6.63. The van der Waals surface area contributed by atoms with E-state index in [1.165, 1.54) is 5.56 Å². The molecule has 0 aliphatic carbocycles. The third kappa shape index (κ3) is 5.90. The Labute approximate surface area is 133 Å². The van der Waals surface area contributed by atoms with Crippen LogP contribution in [0.1, 0.15) is 32.8 Å². The number of carbonyl (C=O) groups excluding carboxylic acids is 1. The molecule has 1 aliphatic rings. The van der Waals surface area contributed by atoms with E-state index in [9.17, 15) is 4.79 Å². The first kappa shape index (κ1) is 16.6. The van der Waals surface area contributed by atoms with Gasteiger partial charge in [-0.15, -0.1) is 0 Å². The zero-order valence-corrected chi connectivity index (χ0v) is 13.8. The molecule has 1 amide bonds. The number of nitrogens with one attached hydrogen (secondary N) is 1. The Balaban J connectivity index is 1.79. The van der Waals surface area contributed by atoms with Crippen molar-refractivity contribution in [1.82, 2.24) is 4.90 Å². The molecule has 0 aromatic heterocycles. The number of nitrogens with zero attached hydrogens (tertiary/aromatic N) is 1. The summed E-state index contributed by atoms with van der Waals surface area (Å²) in [7, 11) is 0. The van der Waals surface area contributed by atoms with Crippen molar-refractivity contribution < 1.29 is 9.53 Å². The van der Waals surface area contributed by atoms with Gasteiger partial charge < -0.3 is 4.74 Å². The fourth-order valence-corrected chi connectivity index (χ4v) is 2.36. The maximum Gasteiger partial charge on any atom is 0.412 e. The molecule has 1 aromatic carbocycles. The standard InChI is InChI=1S/C18H26N2O2/c1-18(2,3)22-17(21)19-16-9-7-15(8-10-16)11-14-20-12-5-4-6-13-20/h4-5,7-10H,6,11-14H2,1-3H3,(H,19,21). The molecule has 22 heavy (non-hydrogen) atoms. The van der Waals surface area contributed by atoms with E-state index in [-0.39, 0.29) is 0 Å². The lowest BCUT2D eigenvalue weighted by Crippen LogP contribution is -2.29. The number of benzene rings is 1. The summed E-state index contributed by atoms with van der Waals surface area (Å²) < 4.78 is 5.24. The molecular formula is C18H26N2O2. The van der Waals surface area contributed by atoms with E-state index in [2.05, 4.69) is 34.5 Å². The minimum absolute atomic E-state index is 0.416.